The van der Waals surface area contributed by atoms with Gasteiger partial charge < -0.3 is 10.6 Å². The lowest BCUT2D eigenvalue weighted by Crippen LogP contribution is -2.67. The van der Waals surface area contributed by atoms with Crippen LogP contribution in [0.3, 0.4) is 0 Å². The van der Waals surface area contributed by atoms with Crippen molar-refractivity contribution in [1.29, 1.82) is 0 Å². The lowest BCUT2D eigenvalue weighted by Gasteiger charge is -2.48. The highest BCUT2D eigenvalue weighted by molar-refractivity contribution is 6.03. The van der Waals surface area contributed by atoms with E-state index in [1.165, 1.54) is 41.1 Å². The van der Waals surface area contributed by atoms with E-state index in [4.69, 9.17) is 5.73 Å². The van der Waals surface area contributed by atoms with Gasteiger partial charge in [-0.25, -0.2) is 14.5 Å². The van der Waals surface area contributed by atoms with Gasteiger partial charge in [-0.1, -0.05) is 0 Å². The van der Waals surface area contributed by atoms with Crippen molar-refractivity contribution in [2.75, 3.05) is 17.2 Å². The number of piperazine rings is 1. The molecular formula is C25H26F3N9O2. The van der Waals surface area contributed by atoms with E-state index in [9.17, 15) is 22.8 Å². The van der Waals surface area contributed by atoms with Gasteiger partial charge >= 0.3 is 6.18 Å². The second-order valence-corrected chi connectivity index (χ2v) is 9.95. The van der Waals surface area contributed by atoms with Crippen LogP contribution in [0.2, 0.25) is 0 Å². The predicted octanol–water partition coefficient (Wildman–Crippen LogP) is 3.16. The Labute approximate surface area is 221 Å². The molecule has 0 unspecified atom stereocenters. The van der Waals surface area contributed by atoms with Gasteiger partial charge in [-0.2, -0.15) is 23.4 Å². The largest absolute Gasteiger partial charge is 0.408 e. The van der Waals surface area contributed by atoms with Crippen LogP contribution < -0.4 is 10.6 Å². The summed E-state index contributed by atoms with van der Waals surface area (Å²) < 4.78 is 42.0. The lowest BCUT2D eigenvalue weighted by molar-refractivity contribution is -0.146. The number of nitrogens with zero attached hydrogens (tertiary/aromatic N) is 8. The monoisotopic (exact) mass is 541 g/mol. The van der Waals surface area contributed by atoms with Crippen LogP contribution in [0.1, 0.15) is 27.7 Å². The number of carbonyl (C=O) groups excluding carboxylic acids is 2. The number of carbonyl (C=O) groups is 2. The molecule has 204 valence electrons. The summed E-state index contributed by atoms with van der Waals surface area (Å²) in [5.74, 6) is -0.0479. The van der Waals surface area contributed by atoms with E-state index in [0.29, 0.717) is 34.7 Å². The summed E-state index contributed by atoms with van der Waals surface area (Å²) in [6.07, 6.45) is -0.415. The number of fused-ring (bicyclic) bond motifs is 1. The summed E-state index contributed by atoms with van der Waals surface area (Å²) in [7, 11) is 0. The number of hydrogen-bond donors (Lipinski definition) is 1. The molecule has 4 aromatic rings. The van der Waals surface area contributed by atoms with Crippen LogP contribution in [0.4, 0.5) is 24.8 Å². The molecule has 5 rings (SSSR count). The lowest BCUT2D eigenvalue weighted by atomic mass is 9.94. The fourth-order valence-corrected chi connectivity index (χ4v) is 5.07. The predicted molar refractivity (Wildman–Crippen MR) is 136 cm³/mol. The minimum absolute atomic E-state index is 0.0752. The highest BCUT2D eigenvalue weighted by Crippen LogP contribution is 2.37. The molecule has 1 aliphatic rings. The van der Waals surface area contributed by atoms with Crippen molar-refractivity contribution < 1.29 is 22.8 Å². The Morgan fingerprint density at radius 1 is 1.13 bits per heavy atom. The van der Waals surface area contributed by atoms with E-state index < -0.39 is 18.3 Å². The van der Waals surface area contributed by atoms with Gasteiger partial charge in [-0.3, -0.25) is 19.2 Å². The first-order valence-electron chi connectivity index (χ1n) is 12.1. The zero-order chi connectivity index (χ0) is 28.3. The molecule has 1 atom stereocenters. The summed E-state index contributed by atoms with van der Waals surface area (Å²) in [5, 5.41) is 8.15. The maximum Gasteiger partial charge on any atom is 0.408 e. The molecule has 0 spiro atoms. The first kappa shape index (κ1) is 26.1. The van der Waals surface area contributed by atoms with Gasteiger partial charge in [-0.05, 0) is 45.0 Å². The Hall–Kier alpha value is -4.49. The Morgan fingerprint density at radius 2 is 1.87 bits per heavy atom. The maximum absolute atomic E-state index is 13.5. The smallest absolute Gasteiger partial charge is 0.382 e. The van der Waals surface area contributed by atoms with Gasteiger partial charge in [-0.15, -0.1) is 0 Å². The molecule has 1 aliphatic heterocycles. The van der Waals surface area contributed by atoms with Crippen molar-refractivity contribution in [1.82, 2.24) is 34.3 Å². The zero-order valence-electron chi connectivity index (χ0n) is 21.6. The molecular weight excluding hydrogens is 515 g/mol. The van der Waals surface area contributed by atoms with Crippen molar-refractivity contribution in [2.24, 2.45) is 0 Å². The molecule has 39 heavy (non-hydrogen) atoms. The average molecular weight is 542 g/mol. The number of amides is 2. The first-order valence-corrected chi connectivity index (χ1v) is 12.1. The Bertz CT molecular complexity index is 1590. The molecule has 1 fully saturated rings. The van der Waals surface area contributed by atoms with Crippen molar-refractivity contribution in [2.45, 2.75) is 52.0 Å². The second-order valence-electron chi connectivity index (χ2n) is 9.95. The highest BCUT2D eigenvalue weighted by Gasteiger charge is 2.47. The molecule has 1 saturated heterocycles. The van der Waals surface area contributed by atoms with Crippen molar-refractivity contribution >= 4 is 29.0 Å². The zero-order valence-corrected chi connectivity index (χ0v) is 21.6. The molecule has 0 aromatic carbocycles. The van der Waals surface area contributed by atoms with Crippen LogP contribution in [-0.4, -0.2) is 70.4 Å². The third-order valence-electron chi connectivity index (χ3n) is 6.88. The molecule has 2 amide bonds. The SMILES string of the molecule is CC(=O)N1C[C@H](C)N(c2cc(-c3cc(-c4ccnn4CC(F)(F)F)c4c(N)ncnn34)ccn2)C(=O)C1(C)C. The number of anilines is 2. The number of pyridine rings is 1. The Balaban J connectivity index is 1.62. The normalized spacial score (nSPS) is 17.7. The van der Waals surface area contributed by atoms with E-state index in [0.717, 1.165) is 4.68 Å². The molecule has 0 bridgehead atoms. The Kier molecular flexibility index (Phi) is 6.07. The number of rotatable bonds is 4. The number of nitrogen functional groups attached to an aromatic ring is 1. The first-order chi connectivity index (χ1) is 18.3. The van der Waals surface area contributed by atoms with E-state index in [-0.39, 0.29) is 29.4 Å². The number of alkyl halides is 3. The summed E-state index contributed by atoms with van der Waals surface area (Å²) >= 11 is 0. The van der Waals surface area contributed by atoms with Gasteiger partial charge in [0.05, 0.1) is 17.4 Å². The third-order valence-corrected chi connectivity index (χ3v) is 6.88. The fourth-order valence-electron chi connectivity index (χ4n) is 5.07. The molecule has 11 nitrogen and oxygen atoms in total. The summed E-state index contributed by atoms with van der Waals surface area (Å²) in [6, 6.07) is 6.17. The summed E-state index contributed by atoms with van der Waals surface area (Å²) in [6.45, 7) is 5.69. The molecule has 14 heteroatoms. The van der Waals surface area contributed by atoms with E-state index in [1.54, 1.807) is 36.9 Å². The van der Waals surface area contributed by atoms with Crippen molar-refractivity contribution in [3.63, 3.8) is 0 Å². The number of hydrogen-bond acceptors (Lipinski definition) is 7. The summed E-state index contributed by atoms with van der Waals surface area (Å²) in [5.41, 5.74) is 7.04. The maximum atomic E-state index is 13.5. The average Bonchev–Trinajstić information content (AvgIpc) is 3.45. The van der Waals surface area contributed by atoms with Crippen molar-refractivity contribution in [3.8, 4) is 22.5 Å². The summed E-state index contributed by atoms with van der Waals surface area (Å²) in [4.78, 5) is 37.3. The van der Waals surface area contributed by atoms with Crippen LogP contribution in [0, 0.1) is 0 Å². The minimum Gasteiger partial charge on any atom is -0.382 e. The van der Waals surface area contributed by atoms with E-state index in [1.807, 2.05) is 6.92 Å². The molecule has 0 saturated carbocycles. The van der Waals surface area contributed by atoms with E-state index >= 15 is 0 Å². The fraction of sp³-hybridized carbons (Fsp3) is 0.360. The van der Waals surface area contributed by atoms with Gasteiger partial charge in [0.2, 0.25) is 5.91 Å². The van der Waals surface area contributed by atoms with Crippen LogP contribution in [0.25, 0.3) is 28.0 Å². The van der Waals surface area contributed by atoms with Crippen LogP contribution in [0.15, 0.2) is 43.0 Å². The minimum atomic E-state index is -4.48. The van der Waals surface area contributed by atoms with Gasteiger partial charge in [0.25, 0.3) is 5.91 Å². The van der Waals surface area contributed by atoms with Crippen LogP contribution >= 0.6 is 0 Å². The number of nitrogens with two attached hydrogens (primary N) is 1. The molecule has 4 aromatic heterocycles. The van der Waals surface area contributed by atoms with Gasteiger partial charge in [0.15, 0.2) is 5.82 Å². The number of halogens is 3. The van der Waals surface area contributed by atoms with Gasteiger partial charge in [0.1, 0.15) is 29.7 Å². The molecule has 2 N–H and O–H groups in total. The van der Waals surface area contributed by atoms with Crippen LogP contribution in [0.5, 0.6) is 0 Å². The standard InChI is InChI=1S/C25H26F3N9O2/c1-14-11-34(15(2)38)24(3,4)23(39)36(14)20-9-16(5-7-30-20)19-10-17(21-22(29)31-13-33-37(19)21)18-6-8-32-35(18)12-25(26,27)28/h5-10,13-14H,11-12H2,1-4H3,(H2,29,31,33)/t14-/m0/s1. The van der Waals surface area contributed by atoms with Gasteiger partial charge in [0, 0.05) is 37.0 Å². The Morgan fingerprint density at radius 3 is 2.56 bits per heavy atom. The van der Waals surface area contributed by atoms with Crippen molar-refractivity contribution in [3.05, 3.63) is 43.0 Å². The topological polar surface area (TPSA) is 128 Å². The number of aromatic nitrogens is 6. The molecule has 0 radical (unpaired) electrons. The van der Waals surface area contributed by atoms with E-state index in [2.05, 4.69) is 20.2 Å². The third kappa shape index (κ3) is 4.45. The highest BCUT2D eigenvalue weighted by atomic mass is 19.4. The molecule has 0 aliphatic carbocycles. The van der Waals surface area contributed by atoms with Crippen LogP contribution in [-0.2, 0) is 16.1 Å². The quantitative estimate of drug-likeness (QED) is 0.420. The second kappa shape index (κ2) is 9.06. The molecule has 5 heterocycles.